The van der Waals surface area contributed by atoms with Crippen LogP contribution < -0.4 is 11.1 Å². The number of non-ortho nitro benzene ring substituents is 1. The van der Waals surface area contributed by atoms with Crippen molar-refractivity contribution >= 4 is 22.5 Å². The van der Waals surface area contributed by atoms with Gasteiger partial charge in [-0.3, -0.25) is 20.0 Å². The first-order chi connectivity index (χ1) is 9.52. The summed E-state index contributed by atoms with van der Waals surface area (Å²) in [4.78, 5) is 22.3. The fraction of sp³-hybridized carbons (Fsp3) is 0.333. The van der Waals surface area contributed by atoms with Crippen molar-refractivity contribution in [2.75, 3.05) is 13.1 Å². The monoisotopic (exact) mass is 277 g/mol. The molecule has 1 aromatic heterocycles. The van der Waals surface area contributed by atoms with Crippen LogP contribution in [0.5, 0.6) is 0 Å². The number of benzene rings is 1. The van der Waals surface area contributed by atoms with Gasteiger partial charge in [-0.1, -0.05) is 6.92 Å². The molecule has 4 N–H and O–H groups in total. The van der Waals surface area contributed by atoms with E-state index in [1.54, 1.807) is 0 Å². The van der Waals surface area contributed by atoms with Crippen LogP contribution >= 0.6 is 0 Å². The van der Waals surface area contributed by atoms with Crippen LogP contribution in [0.2, 0.25) is 0 Å². The summed E-state index contributed by atoms with van der Waals surface area (Å²) in [7, 11) is 0. The number of aromatic amines is 1. The average Bonchev–Trinajstić information content (AvgIpc) is 2.87. The van der Waals surface area contributed by atoms with Gasteiger partial charge in [-0.25, -0.2) is 0 Å². The molecule has 106 valence electrons. The number of carbonyl (C=O) groups excluding carboxylic acids is 1. The van der Waals surface area contributed by atoms with E-state index in [4.69, 9.17) is 5.73 Å². The van der Waals surface area contributed by atoms with Gasteiger partial charge < -0.3 is 11.1 Å². The molecule has 0 aliphatic rings. The summed E-state index contributed by atoms with van der Waals surface area (Å²) in [5.41, 5.74) is 6.12. The maximum Gasteiger partial charge on any atom is 0.272 e. The van der Waals surface area contributed by atoms with Gasteiger partial charge in [0.25, 0.3) is 11.6 Å². The molecule has 0 aliphatic carbocycles. The van der Waals surface area contributed by atoms with Crippen molar-refractivity contribution in [1.82, 2.24) is 15.5 Å². The highest BCUT2D eigenvalue weighted by atomic mass is 16.6. The standard InChI is InChI=1S/C12H15N5O3/c1-7(5-13)6-14-12(18)11-9-4-8(17(19)20)2-3-10(9)15-16-11/h2-4,7H,5-6,13H2,1H3,(H,14,18)(H,15,16). The minimum absolute atomic E-state index is 0.0803. The zero-order chi connectivity index (χ0) is 14.7. The fourth-order valence-corrected chi connectivity index (χ4v) is 1.72. The Kier molecular flexibility index (Phi) is 3.94. The van der Waals surface area contributed by atoms with Gasteiger partial charge in [-0.2, -0.15) is 5.10 Å². The number of carbonyl (C=O) groups is 1. The van der Waals surface area contributed by atoms with Gasteiger partial charge in [-0.15, -0.1) is 0 Å². The number of hydrogen-bond donors (Lipinski definition) is 3. The van der Waals surface area contributed by atoms with E-state index in [9.17, 15) is 14.9 Å². The number of nitrogens with one attached hydrogen (secondary N) is 2. The first kappa shape index (κ1) is 13.9. The largest absolute Gasteiger partial charge is 0.350 e. The number of nitrogens with zero attached hydrogens (tertiary/aromatic N) is 2. The number of hydrogen-bond acceptors (Lipinski definition) is 5. The molecule has 1 aromatic carbocycles. The number of nitrogens with two attached hydrogens (primary N) is 1. The summed E-state index contributed by atoms with van der Waals surface area (Å²) in [5.74, 6) is -0.226. The average molecular weight is 277 g/mol. The second-order valence-corrected chi connectivity index (χ2v) is 4.61. The van der Waals surface area contributed by atoms with E-state index >= 15 is 0 Å². The molecule has 1 heterocycles. The van der Waals surface area contributed by atoms with Crippen molar-refractivity contribution < 1.29 is 9.72 Å². The van der Waals surface area contributed by atoms with Gasteiger partial charge in [0.1, 0.15) is 0 Å². The zero-order valence-electron chi connectivity index (χ0n) is 10.9. The third-order valence-electron chi connectivity index (χ3n) is 2.99. The maximum absolute atomic E-state index is 12.0. The molecule has 8 heteroatoms. The number of nitro groups is 1. The van der Waals surface area contributed by atoms with Crippen molar-refractivity contribution in [1.29, 1.82) is 0 Å². The van der Waals surface area contributed by atoms with E-state index in [1.165, 1.54) is 18.2 Å². The fourth-order valence-electron chi connectivity index (χ4n) is 1.72. The van der Waals surface area contributed by atoms with Crippen molar-refractivity contribution in [3.8, 4) is 0 Å². The lowest BCUT2D eigenvalue weighted by Gasteiger charge is -2.08. The Hall–Kier alpha value is -2.48. The lowest BCUT2D eigenvalue weighted by atomic mass is 10.1. The zero-order valence-corrected chi connectivity index (χ0v) is 10.9. The van der Waals surface area contributed by atoms with Crippen molar-refractivity contribution in [3.63, 3.8) is 0 Å². The molecule has 0 aliphatic heterocycles. The molecule has 1 atom stereocenters. The summed E-state index contributed by atoms with van der Waals surface area (Å²) >= 11 is 0. The van der Waals surface area contributed by atoms with E-state index in [-0.39, 0.29) is 23.2 Å². The highest BCUT2D eigenvalue weighted by Crippen LogP contribution is 2.21. The summed E-state index contributed by atoms with van der Waals surface area (Å²) in [6, 6.07) is 4.22. The van der Waals surface area contributed by atoms with Crippen molar-refractivity contribution in [2.24, 2.45) is 11.7 Å². The molecule has 0 saturated carbocycles. The molecule has 0 fully saturated rings. The quantitative estimate of drug-likeness (QED) is 0.550. The van der Waals surface area contributed by atoms with Crippen LogP contribution in [-0.2, 0) is 0 Å². The molecule has 2 aromatic rings. The molecular weight excluding hydrogens is 262 g/mol. The predicted octanol–water partition coefficient (Wildman–Crippen LogP) is 0.796. The molecule has 0 saturated heterocycles. The second-order valence-electron chi connectivity index (χ2n) is 4.61. The van der Waals surface area contributed by atoms with Crippen LogP contribution in [0.3, 0.4) is 0 Å². The van der Waals surface area contributed by atoms with Crippen LogP contribution in [0.25, 0.3) is 10.9 Å². The topological polar surface area (TPSA) is 127 Å². The Labute approximate surface area is 114 Å². The molecule has 1 unspecified atom stereocenters. The summed E-state index contributed by atoms with van der Waals surface area (Å²) in [6.07, 6.45) is 0. The number of aromatic nitrogens is 2. The van der Waals surface area contributed by atoms with Gasteiger partial charge in [0.05, 0.1) is 10.4 Å². The maximum atomic E-state index is 12.0. The van der Waals surface area contributed by atoms with Gasteiger partial charge in [0.15, 0.2) is 5.69 Å². The van der Waals surface area contributed by atoms with E-state index in [2.05, 4.69) is 15.5 Å². The third-order valence-corrected chi connectivity index (χ3v) is 2.99. The Balaban J connectivity index is 2.27. The first-order valence-electron chi connectivity index (χ1n) is 6.13. The van der Waals surface area contributed by atoms with Crippen molar-refractivity contribution in [2.45, 2.75) is 6.92 Å². The molecule has 0 spiro atoms. The number of fused-ring (bicyclic) bond motifs is 1. The minimum atomic E-state index is -0.509. The molecule has 8 nitrogen and oxygen atoms in total. The van der Waals surface area contributed by atoms with Gasteiger partial charge in [0.2, 0.25) is 0 Å². The molecule has 2 rings (SSSR count). The summed E-state index contributed by atoms with van der Waals surface area (Å²) in [5, 5.41) is 20.5. The SMILES string of the molecule is CC(CN)CNC(=O)c1n[nH]c2ccc([N+](=O)[O-])cc12. The Morgan fingerprint density at radius 1 is 1.60 bits per heavy atom. The van der Waals surface area contributed by atoms with Crippen LogP contribution in [0.15, 0.2) is 18.2 Å². The molecule has 0 bridgehead atoms. The highest BCUT2D eigenvalue weighted by Gasteiger charge is 2.17. The third kappa shape index (κ3) is 2.75. The molecule has 1 amide bonds. The van der Waals surface area contributed by atoms with Crippen LogP contribution in [-0.4, -0.2) is 34.1 Å². The normalized spacial score (nSPS) is 12.3. The van der Waals surface area contributed by atoms with Gasteiger partial charge >= 0.3 is 0 Å². The van der Waals surface area contributed by atoms with Crippen LogP contribution in [0.1, 0.15) is 17.4 Å². The highest BCUT2D eigenvalue weighted by molar-refractivity contribution is 6.05. The summed E-state index contributed by atoms with van der Waals surface area (Å²) < 4.78 is 0. The minimum Gasteiger partial charge on any atom is -0.350 e. The van der Waals surface area contributed by atoms with E-state index in [0.29, 0.717) is 24.0 Å². The van der Waals surface area contributed by atoms with Crippen LogP contribution in [0.4, 0.5) is 5.69 Å². The predicted molar refractivity (Wildman–Crippen MR) is 73.3 cm³/mol. The number of amides is 1. The number of nitro benzene ring substituents is 1. The lowest BCUT2D eigenvalue weighted by molar-refractivity contribution is -0.384. The lowest BCUT2D eigenvalue weighted by Crippen LogP contribution is -2.31. The first-order valence-corrected chi connectivity index (χ1v) is 6.13. The smallest absolute Gasteiger partial charge is 0.272 e. The van der Waals surface area contributed by atoms with E-state index < -0.39 is 4.92 Å². The summed E-state index contributed by atoms with van der Waals surface area (Å²) in [6.45, 7) is 2.81. The molecule has 20 heavy (non-hydrogen) atoms. The molecular formula is C12H15N5O3. The molecule has 0 radical (unpaired) electrons. The van der Waals surface area contributed by atoms with E-state index in [0.717, 1.165) is 0 Å². The second kappa shape index (κ2) is 5.66. The van der Waals surface area contributed by atoms with Gasteiger partial charge in [-0.05, 0) is 18.5 Å². The van der Waals surface area contributed by atoms with Gasteiger partial charge in [0, 0.05) is 24.1 Å². The van der Waals surface area contributed by atoms with Crippen LogP contribution in [0, 0.1) is 16.0 Å². The number of H-pyrrole nitrogens is 1. The Bertz CT molecular complexity index is 652. The number of rotatable bonds is 5. The van der Waals surface area contributed by atoms with Crippen molar-refractivity contribution in [3.05, 3.63) is 34.0 Å². The Morgan fingerprint density at radius 2 is 2.35 bits per heavy atom. The van der Waals surface area contributed by atoms with E-state index in [1.807, 2.05) is 6.92 Å². The Morgan fingerprint density at radius 3 is 3.00 bits per heavy atom.